The Bertz CT molecular complexity index is 390. The summed E-state index contributed by atoms with van der Waals surface area (Å²) in [5.41, 5.74) is 6.96. The van der Waals surface area contributed by atoms with E-state index in [0.29, 0.717) is 6.04 Å². The molecule has 0 amide bonds. The van der Waals surface area contributed by atoms with Crippen LogP contribution in [0.25, 0.3) is 0 Å². The number of aryl methyl sites for hydroxylation is 1. The topological polar surface area (TPSA) is 45.4 Å². The van der Waals surface area contributed by atoms with Crippen molar-refractivity contribution in [1.29, 1.82) is 0 Å². The Labute approximate surface area is 123 Å². The van der Waals surface area contributed by atoms with Crippen LogP contribution >= 0.6 is 0 Å². The van der Waals surface area contributed by atoms with Crippen LogP contribution in [-0.2, 0) is 0 Å². The predicted octanol–water partition coefficient (Wildman–Crippen LogP) is 2.03. The van der Waals surface area contributed by atoms with Gasteiger partial charge in [-0.15, -0.1) is 0 Å². The molecule has 1 unspecified atom stereocenters. The van der Waals surface area contributed by atoms with E-state index < -0.39 is 0 Å². The Morgan fingerprint density at radius 1 is 1.25 bits per heavy atom. The third-order valence-corrected chi connectivity index (χ3v) is 4.24. The smallest absolute Gasteiger partial charge is 0.128 e. The highest BCUT2D eigenvalue weighted by molar-refractivity contribution is 5.39. The van der Waals surface area contributed by atoms with Crippen LogP contribution in [0.2, 0.25) is 0 Å². The first kappa shape index (κ1) is 15.3. The molecular weight excluding hydrogens is 248 g/mol. The molecule has 0 aromatic carbocycles. The van der Waals surface area contributed by atoms with Crippen molar-refractivity contribution in [3.63, 3.8) is 0 Å². The van der Waals surface area contributed by atoms with E-state index in [2.05, 4.69) is 40.8 Å². The zero-order valence-electron chi connectivity index (χ0n) is 12.9. The van der Waals surface area contributed by atoms with E-state index in [-0.39, 0.29) is 0 Å². The van der Waals surface area contributed by atoms with Crippen LogP contribution in [0.5, 0.6) is 0 Å². The van der Waals surface area contributed by atoms with Crippen molar-refractivity contribution < 1.29 is 0 Å². The first-order chi connectivity index (χ1) is 9.74. The minimum absolute atomic E-state index is 0.644. The molecule has 20 heavy (non-hydrogen) atoms. The molecule has 0 bridgehead atoms. The van der Waals surface area contributed by atoms with Gasteiger partial charge in [0.15, 0.2) is 0 Å². The molecule has 0 saturated carbocycles. The summed E-state index contributed by atoms with van der Waals surface area (Å²) >= 11 is 0. The summed E-state index contributed by atoms with van der Waals surface area (Å²) < 4.78 is 0. The average molecular weight is 276 g/mol. The van der Waals surface area contributed by atoms with Crippen molar-refractivity contribution in [2.45, 2.75) is 39.2 Å². The Morgan fingerprint density at radius 2 is 2.10 bits per heavy atom. The molecule has 0 aliphatic carbocycles. The van der Waals surface area contributed by atoms with Gasteiger partial charge in [0.2, 0.25) is 0 Å². The maximum Gasteiger partial charge on any atom is 0.128 e. The van der Waals surface area contributed by atoms with Crippen molar-refractivity contribution in [3.05, 3.63) is 23.9 Å². The summed E-state index contributed by atoms with van der Waals surface area (Å²) in [6.45, 7) is 9.61. The van der Waals surface area contributed by atoms with Crippen LogP contribution in [0.15, 0.2) is 18.3 Å². The van der Waals surface area contributed by atoms with Crippen LogP contribution in [0.3, 0.4) is 0 Å². The second kappa shape index (κ2) is 7.60. The van der Waals surface area contributed by atoms with Crippen molar-refractivity contribution in [3.8, 4) is 0 Å². The third kappa shape index (κ3) is 3.93. The fourth-order valence-corrected chi connectivity index (χ4v) is 3.02. The molecule has 1 aliphatic heterocycles. The molecule has 4 nitrogen and oxygen atoms in total. The maximum atomic E-state index is 5.74. The van der Waals surface area contributed by atoms with Gasteiger partial charge in [0.05, 0.1) is 0 Å². The molecule has 0 radical (unpaired) electrons. The Balaban J connectivity index is 1.96. The number of rotatable bonds is 5. The molecule has 112 valence electrons. The Hall–Kier alpha value is -1.13. The monoisotopic (exact) mass is 276 g/mol. The van der Waals surface area contributed by atoms with Crippen molar-refractivity contribution in [1.82, 2.24) is 9.88 Å². The van der Waals surface area contributed by atoms with Gasteiger partial charge in [-0.25, -0.2) is 4.98 Å². The van der Waals surface area contributed by atoms with Gasteiger partial charge in [0.25, 0.3) is 0 Å². The molecule has 1 fully saturated rings. The Kier molecular flexibility index (Phi) is 5.80. The van der Waals surface area contributed by atoms with E-state index in [1.54, 1.807) is 0 Å². The van der Waals surface area contributed by atoms with E-state index >= 15 is 0 Å². The number of pyridine rings is 1. The van der Waals surface area contributed by atoms with Gasteiger partial charge in [0, 0.05) is 38.4 Å². The van der Waals surface area contributed by atoms with Crippen LogP contribution < -0.4 is 10.6 Å². The lowest BCUT2D eigenvalue weighted by Gasteiger charge is -2.29. The zero-order valence-corrected chi connectivity index (χ0v) is 12.9. The lowest BCUT2D eigenvalue weighted by molar-refractivity contribution is 0.196. The highest BCUT2D eigenvalue weighted by Crippen LogP contribution is 2.17. The van der Waals surface area contributed by atoms with Gasteiger partial charge < -0.3 is 10.6 Å². The number of nitrogens with zero attached hydrogens (tertiary/aromatic N) is 3. The second-order valence-electron chi connectivity index (χ2n) is 5.71. The molecule has 1 aromatic rings. The summed E-state index contributed by atoms with van der Waals surface area (Å²) in [4.78, 5) is 9.58. The van der Waals surface area contributed by atoms with Gasteiger partial charge in [-0.2, -0.15) is 0 Å². The standard InChI is InChI=1S/C16H28N4/c1-3-15(7-8-17)19-9-4-10-20(12-11-19)16-6-5-14(2)13-18-16/h5-6,13,15H,3-4,7-12,17H2,1-2H3. The fourth-order valence-electron chi connectivity index (χ4n) is 3.02. The SMILES string of the molecule is CCC(CCN)N1CCCN(c2ccc(C)cn2)CC1. The summed E-state index contributed by atoms with van der Waals surface area (Å²) in [6, 6.07) is 4.93. The van der Waals surface area contributed by atoms with Gasteiger partial charge in [0.1, 0.15) is 5.82 Å². The molecule has 0 spiro atoms. The molecular formula is C16H28N4. The van der Waals surface area contributed by atoms with E-state index in [9.17, 15) is 0 Å². The third-order valence-electron chi connectivity index (χ3n) is 4.24. The van der Waals surface area contributed by atoms with Crippen LogP contribution in [0.4, 0.5) is 5.82 Å². The summed E-state index contributed by atoms with van der Waals surface area (Å²) in [7, 11) is 0. The van der Waals surface area contributed by atoms with Gasteiger partial charge in [-0.1, -0.05) is 13.0 Å². The largest absolute Gasteiger partial charge is 0.355 e. The van der Waals surface area contributed by atoms with E-state index in [0.717, 1.165) is 38.4 Å². The Morgan fingerprint density at radius 3 is 2.75 bits per heavy atom. The van der Waals surface area contributed by atoms with Gasteiger partial charge >= 0.3 is 0 Å². The number of aromatic nitrogens is 1. The van der Waals surface area contributed by atoms with Gasteiger partial charge in [-0.3, -0.25) is 4.90 Å². The quantitative estimate of drug-likeness (QED) is 0.894. The molecule has 2 rings (SSSR count). The van der Waals surface area contributed by atoms with Crippen molar-refractivity contribution in [2.75, 3.05) is 37.6 Å². The lowest BCUT2D eigenvalue weighted by Crippen LogP contribution is -2.39. The number of hydrogen-bond donors (Lipinski definition) is 1. The molecule has 1 aliphatic rings. The molecule has 4 heteroatoms. The second-order valence-corrected chi connectivity index (χ2v) is 5.71. The molecule has 1 atom stereocenters. The normalized spacial score (nSPS) is 18.9. The summed E-state index contributed by atoms with van der Waals surface area (Å²) in [5.74, 6) is 1.12. The minimum atomic E-state index is 0.644. The first-order valence-electron chi connectivity index (χ1n) is 7.86. The lowest BCUT2D eigenvalue weighted by atomic mass is 10.1. The van der Waals surface area contributed by atoms with E-state index in [1.165, 1.54) is 24.9 Å². The molecule has 1 aromatic heterocycles. The molecule has 2 N–H and O–H groups in total. The highest BCUT2D eigenvalue weighted by Gasteiger charge is 2.20. The molecule has 1 saturated heterocycles. The molecule has 2 heterocycles. The van der Waals surface area contributed by atoms with E-state index in [1.807, 2.05) is 6.20 Å². The first-order valence-corrected chi connectivity index (χ1v) is 7.86. The van der Waals surface area contributed by atoms with Crippen molar-refractivity contribution >= 4 is 5.82 Å². The zero-order chi connectivity index (χ0) is 14.4. The maximum absolute atomic E-state index is 5.74. The number of nitrogens with two attached hydrogens (primary N) is 1. The van der Waals surface area contributed by atoms with Crippen LogP contribution in [0.1, 0.15) is 31.7 Å². The highest BCUT2D eigenvalue weighted by atomic mass is 15.3. The minimum Gasteiger partial charge on any atom is -0.355 e. The van der Waals surface area contributed by atoms with E-state index in [4.69, 9.17) is 5.73 Å². The summed E-state index contributed by atoms with van der Waals surface area (Å²) in [6.07, 6.45) is 5.47. The van der Waals surface area contributed by atoms with Crippen molar-refractivity contribution in [2.24, 2.45) is 5.73 Å². The van der Waals surface area contributed by atoms with Crippen LogP contribution in [0, 0.1) is 6.92 Å². The average Bonchev–Trinajstić information content (AvgIpc) is 2.71. The fraction of sp³-hybridized carbons (Fsp3) is 0.688. The van der Waals surface area contributed by atoms with Gasteiger partial charge in [-0.05, 0) is 44.4 Å². The number of anilines is 1. The summed E-state index contributed by atoms with van der Waals surface area (Å²) in [5, 5.41) is 0. The number of hydrogen-bond acceptors (Lipinski definition) is 4. The van der Waals surface area contributed by atoms with Crippen LogP contribution in [-0.4, -0.2) is 48.6 Å². The predicted molar refractivity (Wildman–Crippen MR) is 85.1 cm³/mol.